The van der Waals surface area contributed by atoms with Gasteiger partial charge in [-0.2, -0.15) is 0 Å². The summed E-state index contributed by atoms with van der Waals surface area (Å²) in [5.74, 6) is 0. The Morgan fingerprint density at radius 2 is 2.17 bits per heavy atom. The molecule has 1 radical (unpaired) electrons. The van der Waals surface area contributed by atoms with Crippen LogP contribution >= 0.6 is 0 Å². The fourth-order valence-electron chi connectivity index (χ4n) is 1.39. The fourth-order valence-corrected chi connectivity index (χ4v) is 1.39. The van der Waals surface area contributed by atoms with Crippen LogP contribution in [0.5, 0.6) is 0 Å². The van der Waals surface area contributed by atoms with Crippen molar-refractivity contribution < 1.29 is 0 Å². The number of nitrogens with zero attached hydrogens (tertiary/aromatic N) is 1. The first-order valence-electron chi connectivity index (χ1n) is 4.16. The Labute approximate surface area is 72.1 Å². The average Bonchev–Trinajstić information content (AvgIpc) is 2.17. The third-order valence-corrected chi connectivity index (χ3v) is 2.03. The van der Waals surface area contributed by atoms with Crippen molar-refractivity contribution in [3.63, 3.8) is 0 Å². The van der Waals surface area contributed by atoms with Gasteiger partial charge >= 0.3 is 0 Å². The van der Waals surface area contributed by atoms with Crippen LogP contribution in [0, 0.1) is 6.07 Å². The van der Waals surface area contributed by atoms with E-state index in [2.05, 4.69) is 24.0 Å². The first kappa shape index (κ1) is 7.29. The molecule has 2 rings (SSSR count). The highest BCUT2D eigenvalue weighted by Crippen LogP contribution is 2.15. The number of hydrogen-bond donors (Lipinski definition) is 0. The summed E-state index contributed by atoms with van der Waals surface area (Å²) in [5.41, 5.74) is 2.31. The molecule has 0 aliphatic rings. The normalized spacial score (nSPS) is 10.4. The molecule has 0 amide bonds. The molecular formula is C11H10N. The summed E-state index contributed by atoms with van der Waals surface area (Å²) in [4.78, 5) is 4.23. The van der Waals surface area contributed by atoms with Crippen LogP contribution in [0.3, 0.4) is 0 Å². The Hall–Kier alpha value is -1.37. The molecule has 12 heavy (non-hydrogen) atoms. The molecule has 1 nitrogen and oxygen atoms in total. The van der Waals surface area contributed by atoms with E-state index in [1.165, 1.54) is 10.9 Å². The maximum Gasteiger partial charge on any atom is 0.0705 e. The fraction of sp³-hybridized carbons (Fsp3) is 0.182. The lowest BCUT2D eigenvalue weighted by atomic mass is 10.1. The SMILES string of the molecule is CCc1[c]cnc2ccccc12. The molecule has 0 aliphatic carbocycles. The van der Waals surface area contributed by atoms with E-state index in [0.29, 0.717) is 0 Å². The van der Waals surface area contributed by atoms with Crippen molar-refractivity contribution in [2.45, 2.75) is 13.3 Å². The summed E-state index contributed by atoms with van der Waals surface area (Å²) < 4.78 is 0. The Morgan fingerprint density at radius 3 is 3.00 bits per heavy atom. The van der Waals surface area contributed by atoms with Gasteiger partial charge in [0.1, 0.15) is 0 Å². The van der Waals surface area contributed by atoms with Crippen LogP contribution in [0.2, 0.25) is 0 Å². The van der Waals surface area contributed by atoms with Gasteiger partial charge in [0.2, 0.25) is 0 Å². The van der Waals surface area contributed by atoms with Crippen LogP contribution in [-0.2, 0) is 6.42 Å². The van der Waals surface area contributed by atoms with E-state index in [4.69, 9.17) is 0 Å². The lowest BCUT2D eigenvalue weighted by Crippen LogP contribution is -1.85. The molecule has 0 unspecified atom stereocenters. The van der Waals surface area contributed by atoms with Crippen LogP contribution < -0.4 is 0 Å². The highest BCUT2D eigenvalue weighted by molar-refractivity contribution is 5.81. The molecule has 1 aromatic carbocycles. The predicted molar refractivity (Wildman–Crippen MR) is 50.0 cm³/mol. The van der Waals surface area contributed by atoms with Gasteiger partial charge in [-0.1, -0.05) is 25.1 Å². The molecule has 2 aromatic rings. The van der Waals surface area contributed by atoms with Gasteiger partial charge in [-0.3, -0.25) is 4.98 Å². The van der Waals surface area contributed by atoms with Crippen molar-refractivity contribution in [1.82, 2.24) is 4.98 Å². The van der Waals surface area contributed by atoms with Crippen molar-refractivity contribution >= 4 is 10.9 Å². The number of fused-ring (bicyclic) bond motifs is 1. The molecule has 0 N–H and O–H groups in total. The predicted octanol–water partition coefficient (Wildman–Crippen LogP) is 2.60. The Kier molecular flexibility index (Phi) is 1.78. The van der Waals surface area contributed by atoms with E-state index in [1.54, 1.807) is 6.20 Å². The standard InChI is InChI=1S/C11H10N/c1-2-9-7-8-12-11-6-4-3-5-10(9)11/h3-6,8H,2H2,1H3. The minimum absolute atomic E-state index is 1.02. The van der Waals surface area contributed by atoms with E-state index < -0.39 is 0 Å². The van der Waals surface area contributed by atoms with Crippen molar-refractivity contribution in [1.29, 1.82) is 0 Å². The quantitative estimate of drug-likeness (QED) is 0.618. The molecule has 59 valence electrons. The van der Waals surface area contributed by atoms with E-state index in [0.717, 1.165) is 11.9 Å². The number of benzene rings is 1. The molecule has 1 heterocycles. The summed E-state index contributed by atoms with van der Waals surface area (Å²) in [5, 5.41) is 1.22. The number of aryl methyl sites for hydroxylation is 1. The molecule has 0 bridgehead atoms. The molecule has 0 fully saturated rings. The lowest BCUT2D eigenvalue weighted by molar-refractivity contribution is 1.14. The first-order chi connectivity index (χ1) is 5.92. The van der Waals surface area contributed by atoms with Gasteiger partial charge in [0.25, 0.3) is 0 Å². The first-order valence-corrected chi connectivity index (χ1v) is 4.16. The van der Waals surface area contributed by atoms with Crippen molar-refractivity contribution in [2.75, 3.05) is 0 Å². The third kappa shape index (κ3) is 1.07. The maximum absolute atomic E-state index is 4.23. The smallest absolute Gasteiger partial charge is 0.0705 e. The number of aromatic nitrogens is 1. The molecule has 0 atom stereocenters. The molecule has 1 aromatic heterocycles. The van der Waals surface area contributed by atoms with Crippen LogP contribution in [0.15, 0.2) is 30.5 Å². The number of pyridine rings is 1. The highest BCUT2D eigenvalue weighted by Gasteiger charge is 1.97. The second-order valence-corrected chi connectivity index (χ2v) is 2.75. The van der Waals surface area contributed by atoms with E-state index in [-0.39, 0.29) is 0 Å². The average molecular weight is 156 g/mol. The topological polar surface area (TPSA) is 12.9 Å². The van der Waals surface area contributed by atoms with Crippen molar-refractivity contribution in [2.24, 2.45) is 0 Å². The van der Waals surface area contributed by atoms with Gasteiger partial charge < -0.3 is 0 Å². The van der Waals surface area contributed by atoms with Gasteiger partial charge in [-0.05, 0) is 18.1 Å². The molecule has 0 aliphatic heterocycles. The lowest BCUT2D eigenvalue weighted by Gasteiger charge is -2.00. The van der Waals surface area contributed by atoms with Gasteiger partial charge in [-0.25, -0.2) is 0 Å². The molecular weight excluding hydrogens is 146 g/mol. The third-order valence-electron chi connectivity index (χ3n) is 2.03. The number of rotatable bonds is 1. The summed E-state index contributed by atoms with van der Waals surface area (Å²) in [6.45, 7) is 2.14. The summed E-state index contributed by atoms with van der Waals surface area (Å²) >= 11 is 0. The molecule has 0 saturated carbocycles. The summed E-state index contributed by atoms with van der Waals surface area (Å²) in [7, 11) is 0. The monoisotopic (exact) mass is 156 g/mol. The Morgan fingerprint density at radius 1 is 1.33 bits per heavy atom. The second-order valence-electron chi connectivity index (χ2n) is 2.75. The van der Waals surface area contributed by atoms with Crippen LogP contribution in [-0.4, -0.2) is 4.98 Å². The number of para-hydroxylation sites is 1. The Bertz CT molecular complexity index is 388. The van der Waals surface area contributed by atoms with E-state index in [1.807, 2.05) is 18.2 Å². The van der Waals surface area contributed by atoms with E-state index >= 15 is 0 Å². The summed E-state index contributed by atoms with van der Waals surface area (Å²) in [6.07, 6.45) is 2.77. The van der Waals surface area contributed by atoms with Crippen LogP contribution in [0.1, 0.15) is 12.5 Å². The highest BCUT2D eigenvalue weighted by atomic mass is 14.6. The van der Waals surface area contributed by atoms with Gasteiger partial charge in [0, 0.05) is 17.6 Å². The van der Waals surface area contributed by atoms with Gasteiger partial charge in [0.15, 0.2) is 0 Å². The van der Waals surface area contributed by atoms with Crippen LogP contribution in [0.25, 0.3) is 10.9 Å². The minimum Gasteiger partial charge on any atom is -0.256 e. The van der Waals surface area contributed by atoms with E-state index in [9.17, 15) is 0 Å². The van der Waals surface area contributed by atoms with Crippen molar-refractivity contribution in [3.05, 3.63) is 42.1 Å². The maximum atomic E-state index is 4.23. The minimum atomic E-state index is 1.02. The summed E-state index contributed by atoms with van der Waals surface area (Å²) in [6, 6.07) is 11.3. The Balaban J connectivity index is 2.79. The van der Waals surface area contributed by atoms with Gasteiger partial charge in [-0.15, -0.1) is 0 Å². The zero-order chi connectivity index (χ0) is 8.39. The molecule has 0 spiro atoms. The largest absolute Gasteiger partial charge is 0.256 e. The van der Waals surface area contributed by atoms with Crippen LogP contribution in [0.4, 0.5) is 0 Å². The van der Waals surface area contributed by atoms with Crippen molar-refractivity contribution in [3.8, 4) is 0 Å². The van der Waals surface area contributed by atoms with Gasteiger partial charge in [0.05, 0.1) is 5.52 Å². The molecule has 0 saturated heterocycles. The zero-order valence-corrected chi connectivity index (χ0v) is 7.04. The number of hydrogen-bond acceptors (Lipinski definition) is 1. The zero-order valence-electron chi connectivity index (χ0n) is 7.04. The molecule has 1 heteroatoms. The second kappa shape index (κ2) is 2.94.